The summed E-state index contributed by atoms with van der Waals surface area (Å²) in [6, 6.07) is 7.50. The standard InChI is InChI=1S/C32H34F3N5O2S/c1-18-24(15-26(41)42)28(39-11-8-31(3,4)9-12-39)27(19(2)37-18)21-5-6-22-17-40(10-7-20(22)13-21)30-38-29-25(43-30)14-23(16-36-29)32(33,34)35/h5-6,13-14,16H,7-12,15,17H2,1-4H3,(H,41,42). The number of aromatic nitrogens is 3. The molecular weight excluding hydrogens is 575 g/mol. The number of fused-ring (bicyclic) bond motifs is 2. The second-order valence-corrected chi connectivity index (χ2v) is 13.4. The highest BCUT2D eigenvalue weighted by Crippen LogP contribution is 2.43. The lowest BCUT2D eigenvalue weighted by molar-refractivity contribution is -0.138. The van der Waals surface area contributed by atoms with E-state index >= 15 is 0 Å². The first kappa shape index (κ1) is 29.3. The third-order valence-electron chi connectivity index (χ3n) is 8.76. The zero-order valence-electron chi connectivity index (χ0n) is 24.7. The highest BCUT2D eigenvalue weighted by molar-refractivity contribution is 7.22. The van der Waals surface area contributed by atoms with Gasteiger partial charge >= 0.3 is 12.1 Å². The van der Waals surface area contributed by atoms with Gasteiger partial charge in [-0.2, -0.15) is 18.2 Å². The van der Waals surface area contributed by atoms with Crippen LogP contribution in [0, 0.1) is 19.3 Å². The fourth-order valence-corrected chi connectivity index (χ4v) is 7.22. The number of anilines is 2. The van der Waals surface area contributed by atoms with E-state index < -0.39 is 17.7 Å². The van der Waals surface area contributed by atoms with Gasteiger partial charge in [0.15, 0.2) is 10.8 Å². The van der Waals surface area contributed by atoms with Gasteiger partial charge in [0.05, 0.1) is 22.4 Å². The Hall–Kier alpha value is -3.73. The molecule has 1 saturated heterocycles. The fourth-order valence-electron chi connectivity index (χ4n) is 6.23. The molecule has 0 saturated carbocycles. The van der Waals surface area contributed by atoms with E-state index in [0.717, 1.165) is 83.9 Å². The van der Waals surface area contributed by atoms with E-state index in [9.17, 15) is 23.1 Å². The van der Waals surface area contributed by atoms with Crippen LogP contribution in [0.25, 0.3) is 21.5 Å². The Bertz CT molecular complexity index is 1720. The first-order valence-electron chi connectivity index (χ1n) is 14.5. The molecule has 1 aromatic carbocycles. The summed E-state index contributed by atoms with van der Waals surface area (Å²) in [5, 5.41) is 10.4. The molecule has 1 N–H and O–H groups in total. The zero-order chi connectivity index (χ0) is 30.7. The van der Waals surface area contributed by atoms with Gasteiger partial charge in [0, 0.05) is 54.9 Å². The number of benzene rings is 1. The highest BCUT2D eigenvalue weighted by atomic mass is 32.1. The molecule has 11 heteroatoms. The Morgan fingerprint density at radius 3 is 2.47 bits per heavy atom. The number of aryl methyl sites for hydroxylation is 2. The molecule has 0 atom stereocenters. The number of hydrogen-bond acceptors (Lipinski definition) is 7. The Balaban J connectivity index is 1.34. The van der Waals surface area contributed by atoms with Crippen molar-refractivity contribution in [1.82, 2.24) is 15.0 Å². The monoisotopic (exact) mass is 609 g/mol. The Labute approximate surface area is 252 Å². The SMILES string of the molecule is Cc1nc(C)c(-c2ccc3c(c2)CCN(c2nc4ncc(C(F)(F)F)cc4s2)C3)c(N2CCC(C)(C)CC2)c1CC(=O)O. The first-order valence-corrected chi connectivity index (χ1v) is 15.3. The number of carboxylic acid groups (broad SMARTS) is 1. The molecule has 3 aromatic heterocycles. The molecule has 7 nitrogen and oxygen atoms in total. The number of pyridine rings is 2. The van der Waals surface area contributed by atoms with Crippen LogP contribution in [0.4, 0.5) is 24.0 Å². The van der Waals surface area contributed by atoms with Crippen molar-refractivity contribution in [2.45, 2.75) is 66.1 Å². The second-order valence-electron chi connectivity index (χ2n) is 12.4. The van der Waals surface area contributed by atoms with E-state index in [0.29, 0.717) is 28.6 Å². The predicted octanol–water partition coefficient (Wildman–Crippen LogP) is 7.21. The van der Waals surface area contributed by atoms with E-state index in [-0.39, 0.29) is 11.8 Å². The van der Waals surface area contributed by atoms with Gasteiger partial charge in [0.25, 0.3) is 0 Å². The minimum absolute atomic E-state index is 0.0806. The molecule has 0 amide bonds. The van der Waals surface area contributed by atoms with Crippen LogP contribution >= 0.6 is 11.3 Å². The summed E-state index contributed by atoms with van der Waals surface area (Å²) in [4.78, 5) is 29.7. The van der Waals surface area contributed by atoms with Crippen LogP contribution in [0.15, 0.2) is 30.5 Å². The van der Waals surface area contributed by atoms with E-state index in [1.165, 1.54) is 16.9 Å². The van der Waals surface area contributed by atoms with Gasteiger partial charge in [-0.3, -0.25) is 9.78 Å². The van der Waals surface area contributed by atoms with Crippen molar-refractivity contribution in [2.75, 3.05) is 29.4 Å². The summed E-state index contributed by atoms with van der Waals surface area (Å²) >= 11 is 1.23. The van der Waals surface area contributed by atoms with Gasteiger partial charge in [0.2, 0.25) is 0 Å². The molecule has 2 aliphatic rings. The average molecular weight is 610 g/mol. The summed E-state index contributed by atoms with van der Waals surface area (Å²) in [5.74, 6) is -0.872. The van der Waals surface area contributed by atoms with E-state index in [2.05, 4.69) is 51.8 Å². The van der Waals surface area contributed by atoms with Crippen LogP contribution in [0.3, 0.4) is 0 Å². The van der Waals surface area contributed by atoms with Crippen LogP contribution < -0.4 is 9.80 Å². The average Bonchev–Trinajstić information content (AvgIpc) is 3.37. The number of thiazole rings is 1. The van der Waals surface area contributed by atoms with Crippen LogP contribution in [-0.4, -0.2) is 45.7 Å². The van der Waals surface area contributed by atoms with E-state index in [1.807, 2.05) is 13.8 Å². The normalized spacial score (nSPS) is 16.9. The molecule has 0 radical (unpaired) electrons. The summed E-state index contributed by atoms with van der Waals surface area (Å²) < 4.78 is 40.0. The molecular formula is C32H34F3N5O2S. The summed E-state index contributed by atoms with van der Waals surface area (Å²) in [7, 11) is 0. The van der Waals surface area contributed by atoms with Crippen molar-refractivity contribution < 1.29 is 23.1 Å². The van der Waals surface area contributed by atoms with Gasteiger partial charge < -0.3 is 14.9 Å². The number of rotatable bonds is 5. The number of piperidine rings is 1. The lowest BCUT2D eigenvalue weighted by Crippen LogP contribution is -2.38. The quantitative estimate of drug-likeness (QED) is 0.256. The Morgan fingerprint density at radius 1 is 1.02 bits per heavy atom. The maximum Gasteiger partial charge on any atom is 0.417 e. The van der Waals surface area contributed by atoms with Crippen molar-refractivity contribution in [1.29, 1.82) is 0 Å². The minimum atomic E-state index is -4.45. The van der Waals surface area contributed by atoms with Crippen molar-refractivity contribution >= 4 is 38.5 Å². The molecule has 0 spiro atoms. The number of halogens is 3. The summed E-state index contributed by atoms with van der Waals surface area (Å²) in [6.07, 6.45) is -0.897. The van der Waals surface area contributed by atoms with Crippen LogP contribution in [-0.2, 0) is 30.4 Å². The number of carboxylic acids is 1. The molecule has 0 aliphatic carbocycles. The zero-order valence-corrected chi connectivity index (χ0v) is 25.5. The highest BCUT2D eigenvalue weighted by Gasteiger charge is 2.33. The molecule has 43 heavy (non-hydrogen) atoms. The maximum atomic E-state index is 13.2. The number of carbonyl (C=O) groups is 1. The van der Waals surface area contributed by atoms with Crippen molar-refractivity contribution in [3.63, 3.8) is 0 Å². The topological polar surface area (TPSA) is 82.5 Å². The van der Waals surface area contributed by atoms with Gasteiger partial charge in [-0.15, -0.1) is 0 Å². The number of alkyl halides is 3. The fraction of sp³-hybridized carbons (Fsp3) is 0.438. The molecule has 5 heterocycles. The van der Waals surface area contributed by atoms with Crippen molar-refractivity contribution in [3.8, 4) is 11.1 Å². The number of hydrogen-bond donors (Lipinski definition) is 1. The molecule has 6 rings (SSSR count). The van der Waals surface area contributed by atoms with E-state index in [1.54, 1.807) is 0 Å². The van der Waals surface area contributed by atoms with Gasteiger partial charge in [-0.25, -0.2) is 4.98 Å². The summed E-state index contributed by atoms with van der Waals surface area (Å²) in [6.45, 7) is 11.4. The van der Waals surface area contributed by atoms with Gasteiger partial charge in [0.1, 0.15) is 0 Å². The third kappa shape index (κ3) is 5.79. The molecule has 0 unspecified atom stereocenters. The Morgan fingerprint density at radius 2 is 1.77 bits per heavy atom. The lowest BCUT2D eigenvalue weighted by atomic mass is 9.82. The van der Waals surface area contributed by atoms with Gasteiger partial charge in [-0.05, 0) is 61.3 Å². The number of nitrogens with zero attached hydrogens (tertiary/aromatic N) is 5. The molecule has 1 fully saturated rings. The Kier molecular flexibility index (Phi) is 7.35. The van der Waals surface area contributed by atoms with E-state index in [4.69, 9.17) is 4.98 Å². The smallest absolute Gasteiger partial charge is 0.417 e. The van der Waals surface area contributed by atoms with Crippen molar-refractivity contribution in [2.24, 2.45) is 5.41 Å². The maximum absolute atomic E-state index is 13.2. The molecule has 0 bridgehead atoms. The molecule has 226 valence electrons. The second kappa shape index (κ2) is 10.8. The van der Waals surface area contributed by atoms with Crippen LogP contribution in [0.1, 0.15) is 60.3 Å². The van der Waals surface area contributed by atoms with Crippen LogP contribution in [0.5, 0.6) is 0 Å². The number of aliphatic carboxylic acids is 1. The predicted molar refractivity (Wildman–Crippen MR) is 163 cm³/mol. The van der Waals surface area contributed by atoms with Gasteiger partial charge in [-0.1, -0.05) is 43.4 Å². The van der Waals surface area contributed by atoms with Crippen LogP contribution in [0.2, 0.25) is 0 Å². The minimum Gasteiger partial charge on any atom is -0.481 e. The van der Waals surface area contributed by atoms with Crippen molar-refractivity contribution in [3.05, 3.63) is 64.1 Å². The lowest BCUT2D eigenvalue weighted by Gasteiger charge is -2.40. The first-order chi connectivity index (χ1) is 20.3. The third-order valence-corrected chi connectivity index (χ3v) is 9.81. The molecule has 4 aromatic rings. The molecule has 2 aliphatic heterocycles. The summed E-state index contributed by atoms with van der Waals surface area (Å²) in [5.41, 5.74) is 7.52. The largest absolute Gasteiger partial charge is 0.481 e.